The molecule has 0 radical (unpaired) electrons. The lowest BCUT2D eigenvalue weighted by Crippen LogP contribution is -2.13. The first kappa shape index (κ1) is 12.5. The first-order chi connectivity index (χ1) is 8.56. The second-order valence-electron chi connectivity index (χ2n) is 3.59. The molecule has 0 aliphatic carbocycles. The number of nitrogen functional groups attached to an aromatic ring is 1. The fourth-order valence-electron chi connectivity index (χ4n) is 1.36. The number of amides is 1. The van der Waals surface area contributed by atoms with E-state index in [1.165, 1.54) is 18.3 Å². The molecule has 1 amide bonds. The van der Waals surface area contributed by atoms with Crippen LogP contribution < -0.4 is 11.1 Å². The van der Waals surface area contributed by atoms with E-state index in [-0.39, 0.29) is 5.69 Å². The van der Waals surface area contributed by atoms with E-state index in [9.17, 15) is 9.18 Å². The van der Waals surface area contributed by atoms with Crippen LogP contribution in [0.1, 0.15) is 10.4 Å². The Kier molecular flexibility index (Phi) is 3.57. The quantitative estimate of drug-likeness (QED) is 0.838. The summed E-state index contributed by atoms with van der Waals surface area (Å²) in [4.78, 5) is 15.7. The van der Waals surface area contributed by atoms with Crippen LogP contribution in [0.25, 0.3) is 0 Å². The minimum atomic E-state index is -0.577. The molecule has 0 atom stereocenters. The highest BCUT2D eigenvalue weighted by molar-refractivity contribution is 9.10. The molecule has 2 aromatic rings. The summed E-state index contributed by atoms with van der Waals surface area (Å²) in [5.41, 5.74) is 6.13. The topological polar surface area (TPSA) is 68.0 Å². The first-order valence-electron chi connectivity index (χ1n) is 5.03. The van der Waals surface area contributed by atoms with Crippen LogP contribution in [0.4, 0.5) is 15.8 Å². The monoisotopic (exact) mass is 309 g/mol. The lowest BCUT2D eigenvalue weighted by atomic mass is 10.2. The molecule has 18 heavy (non-hydrogen) atoms. The maximum atomic E-state index is 13.5. The molecule has 0 bridgehead atoms. The molecule has 0 unspecified atom stereocenters. The van der Waals surface area contributed by atoms with Gasteiger partial charge in [-0.05, 0) is 40.2 Å². The van der Waals surface area contributed by atoms with Crippen LogP contribution in [0.5, 0.6) is 0 Å². The highest BCUT2D eigenvalue weighted by atomic mass is 79.9. The maximum Gasteiger partial charge on any atom is 0.257 e. The molecule has 0 aliphatic rings. The van der Waals surface area contributed by atoms with E-state index in [0.29, 0.717) is 15.7 Å². The van der Waals surface area contributed by atoms with Gasteiger partial charge in [-0.3, -0.25) is 9.78 Å². The van der Waals surface area contributed by atoms with E-state index >= 15 is 0 Å². The number of nitrogens with one attached hydrogen (secondary N) is 1. The third kappa shape index (κ3) is 2.84. The fourth-order valence-corrected chi connectivity index (χ4v) is 1.73. The fraction of sp³-hybridized carbons (Fsp3) is 0. The van der Waals surface area contributed by atoms with Gasteiger partial charge in [0.1, 0.15) is 5.82 Å². The Bertz CT molecular complexity index is 604. The van der Waals surface area contributed by atoms with E-state index in [4.69, 9.17) is 5.73 Å². The number of benzene rings is 1. The van der Waals surface area contributed by atoms with Crippen LogP contribution in [0, 0.1) is 5.82 Å². The van der Waals surface area contributed by atoms with Crippen LogP contribution in [0.2, 0.25) is 0 Å². The largest absolute Gasteiger partial charge is 0.399 e. The van der Waals surface area contributed by atoms with Gasteiger partial charge < -0.3 is 11.1 Å². The van der Waals surface area contributed by atoms with E-state index in [1.54, 1.807) is 12.3 Å². The molecular formula is C12H9BrFN3O. The number of carbonyl (C=O) groups is 1. The SMILES string of the molecule is Nc1ccc(NC(=O)c2cncc(Br)c2)c(F)c1. The molecule has 92 valence electrons. The van der Waals surface area contributed by atoms with E-state index in [0.717, 1.165) is 6.07 Å². The molecule has 0 aliphatic heterocycles. The standard InChI is InChI=1S/C12H9BrFN3O/c13-8-3-7(5-16-6-8)12(18)17-11-2-1-9(15)4-10(11)14/h1-6H,15H2,(H,17,18). The highest BCUT2D eigenvalue weighted by Gasteiger charge is 2.10. The van der Waals surface area contributed by atoms with Crippen LogP contribution in [-0.4, -0.2) is 10.9 Å². The minimum absolute atomic E-state index is 0.0779. The summed E-state index contributed by atoms with van der Waals surface area (Å²) in [6, 6.07) is 5.66. The van der Waals surface area contributed by atoms with Gasteiger partial charge in [-0.2, -0.15) is 0 Å². The van der Waals surface area contributed by atoms with Gasteiger partial charge in [0.05, 0.1) is 11.3 Å². The summed E-state index contributed by atoms with van der Waals surface area (Å²) in [6.45, 7) is 0. The molecule has 6 heteroatoms. The van der Waals surface area contributed by atoms with Crippen LogP contribution >= 0.6 is 15.9 Å². The molecule has 3 N–H and O–H groups in total. The lowest BCUT2D eigenvalue weighted by Gasteiger charge is -2.06. The van der Waals surface area contributed by atoms with Crippen molar-refractivity contribution in [2.75, 3.05) is 11.1 Å². The van der Waals surface area contributed by atoms with Gasteiger partial charge in [-0.1, -0.05) is 0 Å². The van der Waals surface area contributed by atoms with Crippen molar-refractivity contribution in [1.82, 2.24) is 4.98 Å². The molecule has 1 heterocycles. The first-order valence-corrected chi connectivity index (χ1v) is 5.82. The molecule has 0 spiro atoms. The molecule has 0 saturated carbocycles. The Labute approximate surface area is 111 Å². The Balaban J connectivity index is 2.21. The van der Waals surface area contributed by atoms with E-state index < -0.39 is 11.7 Å². The smallest absolute Gasteiger partial charge is 0.257 e. The van der Waals surface area contributed by atoms with Crippen molar-refractivity contribution in [3.05, 3.63) is 52.5 Å². The molecular weight excluding hydrogens is 301 g/mol. The number of anilines is 2. The molecule has 0 fully saturated rings. The number of aromatic nitrogens is 1. The third-order valence-electron chi connectivity index (χ3n) is 2.21. The highest BCUT2D eigenvalue weighted by Crippen LogP contribution is 2.18. The lowest BCUT2D eigenvalue weighted by molar-refractivity contribution is 0.102. The number of nitrogens with zero attached hydrogens (tertiary/aromatic N) is 1. The summed E-state index contributed by atoms with van der Waals surface area (Å²) < 4.78 is 14.2. The van der Waals surface area contributed by atoms with E-state index in [1.807, 2.05) is 0 Å². The second kappa shape index (κ2) is 5.14. The molecule has 0 saturated heterocycles. The van der Waals surface area contributed by atoms with Crippen molar-refractivity contribution >= 4 is 33.2 Å². The van der Waals surface area contributed by atoms with E-state index in [2.05, 4.69) is 26.2 Å². The van der Waals surface area contributed by atoms with Gasteiger partial charge in [-0.25, -0.2) is 4.39 Å². The minimum Gasteiger partial charge on any atom is -0.399 e. The second-order valence-corrected chi connectivity index (χ2v) is 4.50. The Morgan fingerprint density at radius 2 is 2.11 bits per heavy atom. The Morgan fingerprint density at radius 1 is 1.33 bits per heavy atom. The summed E-state index contributed by atoms with van der Waals surface area (Å²) in [5, 5.41) is 2.45. The average molecular weight is 310 g/mol. The maximum absolute atomic E-state index is 13.5. The third-order valence-corrected chi connectivity index (χ3v) is 2.64. The van der Waals surface area contributed by atoms with Crippen LogP contribution in [-0.2, 0) is 0 Å². The van der Waals surface area contributed by atoms with Crippen molar-refractivity contribution < 1.29 is 9.18 Å². The van der Waals surface area contributed by atoms with Crippen molar-refractivity contribution in [3.63, 3.8) is 0 Å². The predicted octanol–water partition coefficient (Wildman–Crippen LogP) is 2.82. The number of carbonyl (C=O) groups excluding carboxylic acids is 1. The van der Waals surface area contributed by atoms with Crippen molar-refractivity contribution in [2.45, 2.75) is 0 Å². The number of hydrogen-bond donors (Lipinski definition) is 2. The summed E-state index contributed by atoms with van der Waals surface area (Å²) in [5.74, 6) is -1.02. The number of rotatable bonds is 2. The zero-order valence-corrected chi connectivity index (χ0v) is 10.7. The van der Waals surface area contributed by atoms with Gasteiger partial charge >= 0.3 is 0 Å². The average Bonchev–Trinajstić information content (AvgIpc) is 2.32. The van der Waals surface area contributed by atoms with Gasteiger partial charge in [0, 0.05) is 22.6 Å². The summed E-state index contributed by atoms with van der Waals surface area (Å²) in [6.07, 6.45) is 2.95. The number of halogens is 2. The van der Waals surface area contributed by atoms with Gasteiger partial charge in [0.2, 0.25) is 0 Å². The van der Waals surface area contributed by atoms with Gasteiger partial charge in [-0.15, -0.1) is 0 Å². The van der Waals surface area contributed by atoms with Crippen LogP contribution in [0.15, 0.2) is 41.1 Å². The number of hydrogen-bond acceptors (Lipinski definition) is 3. The Morgan fingerprint density at radius 3 is 2.78 bits per heavy atom. The molecule has 4 nitrogen and oxygen atoms in total. The molecule has 1 aromatic carbocycles. The molecule has 1 aromatic heterocycles. The predicted molar refractivity (Wildman–Crippen MR) is 70.7 cm³/mol. The summed E-state index contributed by atoms with van der Waals surface area (Å²) in [7, 11) is 0. The normalized spacial score (nSPS) is 10.1. The number of pyridine rings is 1. The van der Waals surface area contributed by atoms with Crippen molar-refractivity contribution in [2.24, 2.45) is 0 Å². The molecule has 2 rings (SSSR count). The van der Waals surface area contributed by atoms with Crippen molar-refractivity contribution in [1.29, 1.82) is 0 Å². The van der Waals surface area contributed by atoms with Crippen LogP contribution in [0.3, 0.4) is 0 Å². The number of nitrogens with two attached hydrogens (primary N) is 1. The Hall–Kier alpha value is -1.95. The van der Waals surface area contributed by atoms with Gasteiger partial charge in [0.15, 0.2) is 0 Å². The zero-order valence-electron chi connectivity index (χ0n) is 9.15. The van der Waals surface area contributed by atoms with Crippen molar-refractivity contribution in [3.8, 4) is 0 Å². The van der Waals surface area contributed by atoms with Gasteiger partial charge in [0.25, 0.3) is 5.91 Å². The summed E-state index contributed by atoms with van der Waals surface area (Å²) >= 11 is 3.21. The zero-order chi connectivity index (χ0) is 13.1.